The van der Waals surface area contributed by atoms with E-state index < -0.39 is 16.1 Å². The van der Waals surface area contributed by atoms with E-state index in [4.69, 9.17) is 0 Å². The highest BCUT2D eigenvalue weighted by atomic mass is 28.4. The van der Waals surface area contributed by atoms with Gasteiger partial charge < -0.3 is 0 Å². The van der Waals surface area contributed by atoms with Crippen LogP contribution in [0.2, 0.25) is 32.2 Å². The molecule has 0 saturated heterocycles. The predicted molar refractivity (Wildman–Crippen MR) is 86.7 cm³/mol. The summed E-state index contributed by atoms with van der Waals surface area (Å²) in [4.78, 5) is 1.63. The van der Waals surface area contributed by atoms with E-state index in [1.807, 2.05) is 0 Å². The summed E-state index contributed by atoms with van der Waals surface area (Å²) in [5.41, 5.74) is 7.42. The highest BCUT2D eigenvalue weighted by Gasteiger charge is 2.35. The van der Waals surface area contributed by atoms with Crippen molar-refractivity contribution in [3.63, 3.8) is 0 Å². The summed E-state index contributed by atoms with van der Waals surface area (Å²) in [6.45, 7) is 20.1. The average molecular weight is 265 g/mol. The molecule has 0 aliphatic heterocycles. The molecule has 0 bridgehead atoms. The van der Waals surface area contributed by atoms with Gasteiger partial charge in [0.25, 0.3) is 0 Å². The van der Waals surface area contributed by atoms with Crippen molar-refractivity contribution in [1.82, 2.24) is 0 Å². The van der Waals surface area contributed by atoms with Gasteiger partial charge >= 0.3 is 0 Å². The van der Waals surface area contributed by atoms with Gasteiger partial charge in [-0.1, -0.05) is 44.0 Å². The van der Waals surface area contributed by atoms with E-state index in [2.05, 4.69) is 77.1 Å². The Morgan fingerprint density at radius 1 is 1.18 bits per heavy atom. The second-order valence-electron chi connectivity index (χ2n) is 6.10. The van der Waals surface area contributed by atoms with Gasteiger partial charge in [0.2, 0.25) is 0 Å². The first kappa shape index (κ1) is 16.4. The molecule has 17 heavy (non-hydrogen) atoms. The van der Waals surface area contributed by atoms with E-state index >= 15 is 0 Å². The number of hydrogen-bond donors (Lipinski definition) is 0. The Hall–Kier alpha value is -0.566. The summed E-state index contributed by atoms with van der Waals surface area (Å²) in [7, 11) is -2.84. The lowest BCUT2D eigenvalue weighted by atomic mass is 10.4. The van der Waals surface area contributed by atoms with Crippen molar-refractivity contribution >= 4 is 16.1 Å². The van der Waals surface area contributed by atoms with Gasteiger partial charge in [-0.2, -0.15) is 0 Å². The van der Waals surface area contributed by atoms with E-state index in [1.165, 1.54) is 5.57 Å². The highest BCUT2D eigenvalue weighted by Crippen LogP contribution is 2.29. The van der Waals surface area contributed by atoms with Crippen LogP contribution in [0, 0.1) is 0 Å². The van der Waals surface area contributed by atoms with Crippen LogP contribution < -0.4 is 0 Å². The molecule has 0 aliphatic rings. The van der Waals surface area contributed by atoms with Gasteiger partial charge in [0.15, 0.2) is 0 Å². The normalized spacial score (nSPS) is 12.4. The Balaban J connectivity index is 5.80. The van der Waals surface area contributed by atoms with Crippen LogP contribution in [0.15, 0.2) is 40.6 Å². The van der Waals surface area contributed by atoms with Crippen molar-refractivity contribution in [2.45, 2.75) is 53.0 Å². The van der Waals surface area contributed by atoms with Crippen molar-refractivity contribution in [2.75, 3.05) is 0 Å². The quantitative estimate of drug-likeness (QED) is 0.360. The molecule has 0 rings (SSSR count). The monoisotopic (exact) mass is 264 g/mol. The van der Waals surface area contributed by atoms with Crippen molar-refractivity contribution in [3.8, 4) is 0 Å². The van der Waals surface area contributed by atoms with Gasteiger partial charge in [0.05, 0.1) is 8.07 Å². The minimum atomic E-state index is -1.45. The van der Waals surface area contributed by atoms with Gasteiger partial charge in [-0.3, -0.25) is 0 Å². The minimum absolute atomic E-state index is 1.15. The molecular formula is C15H28Si2. The first-order valence-electron chi connectivity index (χ1n) is 6.37. The Morgan fingerprint density at radius 3 is 2.06 bits per heavy atom. The molecule has 0 saturated carbocycles. The lowest BCUT2D eigenvalue weighted by Crippen LogP contribution is -2.42. The molecule has 0 aliphatic carbocycles. The van der Waals surface area contributed by atoms with Crippen LogP contribution in [0.1, 0.15) is 20.8 Å². The van der Waals surface area contributed by atoms with E-state index in [1.54, 1.807) is 4.82 Å². The average Bonchev–Trinajstić information content (AvgIpc) is 2.13. The lowest BCUT2D eigenvalue weighted by Gasteiger charge is -2.32. The maximum Gasteiger partial charge on any atom is 0.103 e. The van der Waals surface area contributed by atoms with Crippen molar-refractivity contribution < 1.29 is 0 Å². The van der Waals surface area contributed by atoms with Crippen LogP contribution >= 0.6 is 0 Å². The largest absolute Gasteiger partial charge is 0.131 e. The second kappa shape index (κ2) is 6.39. The maximum atomic E-state index is 3.92. The topological polar surface area (TPSA) is 0 Å². The third-order valence-electron chi connectivity index (χ3n) is 2.93. The summed E-state index contributed by atoms with van der Waals surface area (Å²) in [5.74, 6) is 0. The number of rotatable bonds is 5. The Bertz CT molecular complexity index is 360. The van der Waals surface area contributed by atoms with Gasteiger partial charge in [-0.25, -0.2) is 0 Å². The zero-order valence-corrected chi connectivity index (χ0v) is 14.6. The summed E-state index contributed by atoms with van der Waals surface area (Å²) < 4.78 is 0. The fraction of sp³-hybridized carbons (Fsp3) is 0.533. The molecule has 0 atom stereocenters. The highest BCUT2D eigenvalue weighted by molar-refractivity contribution is 7.07. The van der Waals surface area contributed by atoms with E-state index in [9.17, 15) is 0 Å². The first-order chi connectivity index (χ1) is 7.67. The Kier molecular flexibility index (Phi) is 6.18. The molecule has 0 N–H and O–H groups in total. The summed E-state index contributed by atoms with van der Waals surface area (Å²) in [5, 5.41) is 0. The van der Waals surface area contributed by atoms with Crippen molar-refractivity contribution in [2.24, 2.45) is 0 Å². The molecule has 0 aromatic carbocycles. The second-order valence-corrected chi connectivity index (χ2v) is 15.6. The number of allylic oxidation sites excluding steroid dienone is 3. The van der Waals surface area contributed by atoms with E-state index in [-0.39, 0.29) is 0 Å². The van der Waals surface area contributed by atoms with E-state index in [0.29, 0.717) is 0 Å². The molecule has 0 aromatic heterocycles. The molecule has 0 radical (unpaired) electrons. The zero-order valence-electron chi connectivity index (χ0n) is 12.6. The van der Waals surface area contributed by atoms with Gasteiger partial charge in [0, 0.05) is 0 Å². The zero-order chi connectivity index (χ0) is 13.7. The Morgan fingerprint density at radius 2 is 1.71 bits per heavy atom. The lowest BCUT2D eigenvalue weighted by molar-refractivity contribution is 1.40. The summed E-state index contributed by atoms with van der Waals surface area (Å²) in [6, 6.07) is 1.15. The van der Waals surface area contributed by atoms with Crippen LogP contribution in [0.5, 0.6) is 0 Å². The van der Waals surface area contributed by atoms with E-state index in [0.717, 1.165) is 6.04 Å². The molecule has 0 aromatic rings. The molecule has 0 nitrogen and oxygen atoms in total. The fourth-order valence-corrected chi connectivity index (χ4v) is 13.0. The molecular weight excluding hydrogens is 236 g/mol. The molecule has 0 spiro atoms. The van der Waals surface area contributed by atoms with Gasteiger partial charge in [0.1, 0.15) is 8.07 Å². The Labute approximate surface area is 110 Å². The molecule has 0 heterocycles. The fourth-order valence-electron chi connectivity index (χ4n) is 2.42. The van der Waals surface area contributed by atoms with Crippen molar-refractivity contribution in [1.29, 1.82) is 0 Å². The first-order valence-corrected chi connectivity index (χ1v) is 12.7. The molecule has 0 amide bonds. The third-order valence-corrected chi connectivity index (χ3v) is 12.3. The maximum absolute atomic E-state index is 3.92. The predicted octanol–water partition coefficient (Wildman–Crippen LogP) is 5.27. The molecule has 0 unspecified atom stereocenters. The summed E-state index contributed by atoms with van der Waals surface area (Å²) >= 11 is 0. The van der Waals surface area contributed by atoms with Gasteiger partial charge in [-0.15, -0.1) is 12.3 Å². The standard InChI is InChI=1S/C15H28Si2/c1-9-11-16(5,6)15(13-14(3)4)17(7,8)12-10-2/h9-10,12H,1,11H2,2-8H3/b12-10+. The molecule has 2 heteroatoms. The van der Waals surface area contributed by atoms with Crippen LogP contribution in [-0.2, 0) is 0 Å². The smallest absolute Gasteiger partial charge is 0.103 e. The van der Waals surface area contributed by atoms with Crippen molar-refractivity contribution in [3.05, 3.63) is 40.6 Å². The van der Waals surface area contributed by atoms with Crippen LogP contribution in [-0.4, -0.2) is 16.1 Å². The number of hydrogen-bond acceptors (Lipinski definition) is 0. The molecule has 96 valence electrons. The van der Waals surface area contributed by atoms with Gasteiger partial charge in [-0.05, 0) is 37.2 Å². The SMILES string of the molecule is C=CC[Si](C)(C)C(=C=C(C)C)[Si](C)(C)/C=C/C. The summed E-state index contributed by atoms with van der Waals surface area (Å²) in [6.07, 6.45) is 4.29. The molecule has 0 fully saturated rings. The third kappa shape index (κ3) is 5.07. The van der Waals surface area contributed by atoms with Crippen LogP contribution in [0.3, 0.4) is 0 Å². The van der Waals surface area contributed by atoms with Crippen LogP contribution in [0.4, 0.5) is 0 Å². The minimum Gasteiger partial charge on any atom is -0.131 e. The van der Waals surface area contributed by atoms with Crippen LogP contribution in [0.25, 0.3) is 0 Å².